The molecule has 3 aliphatic rings. The molecule has 0 bridgehead atoms. The predicted molar refractivity (Wildman–Crippen MR) is 67.9 cm³/mol. The van der Waals surface area contributed by atoms with Crippen molar-refractivity contribution < 1.29 is 9.59 Å². The van der Waals surface area contributed by atoms with Gasteiger partial charge in [-0.15, -0.1) is 0 Å². The highest BCUT2D eigenvalue weighted by atomic mass is 16.2. The Bertz CT molecular complexity index is 397. The van der Waals surface area contributed by atoms with Crippen LogP contribution in [0.3, 0.4) is 0 Å². The lowest BCUT2D eigenvalue weighted by Gasteiger charge is -2.51. The van der Waals surface area contributed by atoms with Crippen molar-refractivity contribution >= 4 is 11.8 Å². The van der Waals surface area contributed by atoms with Gasteiger partial charge in [0.2, 0.25) is 11.8 Å². The monoisotopic (exact) mass is 250 g/mol. The zero-order valence-corrected chi connectivity index (χ0v) is 11.3. The molecule has 0 aromatic carbocycles. The molecule has 2 saturated carbocycles. The Morgan fingerprint density at radius 3 is 2.33 bits per heavy atom. The summed E-state index contributed by atoms with van der Waals surface area (Å²) in [7, 11) is 1.82. The molecule has 0 aromatic rings. The normalized spacial score (nSPS) is 35.8. The molecule has 1 unspecified atom stereocenters. The maximum Gasteiger partial charge on any atom is 0.248 e. The molecule has 1 heterocycles. The predicted octanol–water partition coefficient (Wildman–Crippen LogP) is 1.45. The number of nitrogens with one attached hydrogen (secondary N) is 1. The lowest BCUT2D eigenvalue weighted by atomic mass is 9.75. The first-order valence-electron chi connectivity index (χ1n) is 7.11. The molecule has 18 heavy (non-hydrogen) atoms. The molecule has 100 valence electrons. The Morgan fingerprint density at radius 2 is 1.78 bits per heavy atom. The Labute approximate surface area is 108 Å². The summed E-state index contributed by atoms with van der Waals surface area (Å²) in [6.07, 6.45) is 7.00. The van der Waals surface area contributed by atoms with Gasteiger partial charge in [0.1, 0.15) is 11.1 Å². The molecule has 2 amide bonds. The van der Waals surface area contributed by atoms with Crippen LogP contribution in [0.2, 0.25) is 0 Å². The first-order valence-corrected chi connectivity index (χ1v) is 7.11. The van der Waals surface area contributed by atoms with Gasteiger partial charge in [0.25, 0.3) is 0 Å². The molecule has 4 heteroatoms. The zero-order chi connectivity index (χ0) is 13.0. The second-order valence-corrected chi connectivity index (χ2v) is 6.38. The van der Waals surface area contributed by atoms with Crippen LogP contribution in [-0.2, 0) is 9.59 Å². The Hall–Kier alpha value is -1.06. The van der Waals surface area contributed by atoms with E-state index >= 15 is 0 Å². The summed E-state index contributed by atoms with van der Waals surface area (Å²) in [5, 5.41) is 3.09. The van der Waals surface area contributed by atoms with Crippen molar-refractivity contribution in [2.45, 2.75) is 62.9 Å². The summed E-state index contributed by atoms with van der Waals surface area (Å²) >= 11 is 0. The number of likely N-dealkylation sites (N-methyl/N-ethyl adjacent to an activating group) is 1. The third kappa shape index (κ3) is 1.44. The minimum atomic E-state index is -0.611. The minimum absolute atomic E-state index is 0.0639. The van der Waals surface area contributed by atoms with E-state index in [-0.39, 0.29) is 11.8 Å². The smallest absolute Gasteiger partial charge is 0.248 e. The molecule has 3 rings (SSSR count). The van der Waals surface area contributed by atoms with Crippen molar-refractivity contribution in [2.24, 2.45) is 5.92 Å². The lowest BCUT2D eigenvalue weighted by Crippen LogP contribution is -2.75. The molecule has 1 aliphatic heterocycles. The van der Waals surface area contributed by atoms with Crippen LogP contribution in [0.25, 0.3) is 0 Å². The summed E-state index contributed by atoms with van der Waals surface area (Å²) in [5.41, 5.74) is -1.20. The van der Waals surface area contributed by atoms with Crippen LogP contribution in [0, 0.1) is 5.92 Å². The van der Waals surface area contributed by atoms with Crippen LogP contribution in [0.1, 0.15) is 51.9 Å². The van der Waals surface area contributed by atoms with Crippen molar-refractivity contribution in [2.75, 3.05) is 7.05 Å². The van der Waals surface area contributed by atoms with Gasteiger partial charge in [-0.3, -0.25) is 9.59 Å². The summed E-state index contributed by atoms with van der Waals surface area (Å²) < 4.78 is 0. The molecule has 1 atom stereocenters. The number of piperazine rings is 1. The molecule has 1 spiro atoms. The van der Waals surface area contributed by atoms with Crippen molar-refractivity contribution in [1.82, 2.24) is 10.2 Å². The van der Waals surface area contributed by atoms with E-state index in [0.29, 0.717) is 5.92 Å². The maximum absolute atomic E-state index is 12.7. The van der Waals surface area contributed by atoms with E-state index in [1.807, 2.05) is 14.0 Å². The number of nitrogens with zero attached hydrogens (tertiary/aromatic N) is 1. The van der Waals surface area contributed by atoms with Gasteiger partial charge in [-0.2, -0.15) is 0 Å². The lowest BCUT2D eigenvalue weighted by molar-refractivity contribution is -0.163. The molecule has 4 nitrogen and oxygen atoms in total. The van der Waals surface area contributed by atoms with Crippen LogP contribution >= 0.6 is 0 Å². The van der Waals surface area contributed by atoms with Crippen molar-refractivity contribution in [3.63, 3.8) is 0 Å². The molecule has 3 fully saturated rings. The van der Waals surface area contributed by atoms with E-state index < -0.39 is 11.1 Å². The topological polar surface area (TPSA) is 49.4 Å². The highest BCUT2D eigenvalue weighted by Gasteiger charge is 2.60. The van der Waals surface area contributed by atoms with Gasteiger partial charge in [-0.05, 0) is 38.5 Å². The summed E-state index contributed by atoms with van der Waals surface area (Å²) in [6, 6.07) is 0. The average molecular weight is 250 g/mol. The number of rotatable bonds is 1. The van der Waals surface area contributed by atoms with E-state index in [4.69, 9.17) is 0 Å². The van der Waals surface area contributed by atoms with E-state index in [1.54, 1.807) is 4.90 Å². The van der Waals surface area contributed by atoms with Gasteiger partial charge in [-0.1, -0.05) is 19.3 Å². The van der Waals surface area contributed by atoms with E-state index in [2.05, 4.69) is 5.32 Å². The number of hydrogen-bond acceptors (Lipinski definition) is 2. The van der Waals surface area contributed by atoms with Crippen molar-refractivity contribution in [1.29, 1.82) is 0 Å². The Morgan fingerprint density at radius 1 is 1.17 bits per heavy atom. The summed E-state index contributed by atoms with van der Waals surface area (Å²) in [4.78, 5) is 27.0. The molecule has 0 aromatic heterocycles. The largest absolute Gasteiger partial charge is 0.340 e. The van der Waals surface area contributed by atoms with Crippen LogP contribution in [0.15, 0.2) is 0 Å². The molecule has 1 N–H and O–H groups in total. The SMILES string of the molecule is CN1C(=O)C2(CCCCC2)NC(=O)C1(C)C1CC1. The quantitative estimate of drug-likeness (QED) is 0.765. The van der Waals surface area contributed by atoms with Gasteiger partial charge in [0.05, 0.1) is 0 Å². The minimum Gasteiger partial charge on any atom is -0.340 e. The van der Waals surface area contributed by atoms with Gasteiger partial charge in [0.15, 0.2) is 0 Å². The molecular formula is C14H22N2O2. The van der Waals surface area contributed by atoms with Crippen molar-refractivity contribution in [3.05, 3.63) is 0 Å². The number of carbonyl (C=O) groups is 2. The Kier molecular flexibility index (Phi) is 2.48. The first-order chi connectivity index (χ1) is 8.51. The number of hydrogen-bond donors (Lipinski definition) is 1. The third-order valence-electron chi connectivity index (χ3n) is 5.30. The Balaban J connectivity index is 1.92. The maximum atomic E-state index is 12.7. The van der Waals surface area contributed by atoms with Crippen LogP contribution < -0.4 is 5.32 Å². The van der Waals surface area contributed by atoms with Gasteiger partial charge < -0.3 is 10.2 Å². The fourth-order valence-electron chi connectivity index (χ4n) is 3.68. The number of carbonyl (C=O) groups excluding carboxylic acids is 2. The summed E-state index contributed by atoms with van der Waals surface area (Å²) in [6.45, 7) is 1.92. The van der Waals surface area contributed by atoms with Gasteiger partial charge in [-0.25, -0.2) is 0 Å². The van der Waals surface area contributed by atoms with E-state index in [9.17, 15) is 9.59 Å². The number of amides is 2. The summed E-state index contributed by atoms with van der Waals surface area (Å²) in [5.74, 6) is 0.553. The molecule has 0 radical (unpaired) electrons. The third-order valence-corrected chi connectivity index (χ3v) is 5.30. The highest BCUT2D eigenvalue weighted by molar-refractivity contribution is 6.02. The molecule has 1 saturated heterocycles. The van der Waals surface area contributed by atoms with Crippen LogP contribution in [0.5, 0.6) is 0 Å². The van der Waals surface area contributed by atoms with E-state index in [0.717, 1.165) is 38.5 Å². The second kappa shape index (κ2) is 3.72. The van der Waals surface area contributed by atoms with E-state index in [1.165, 1.54) is 6.42 Å². The van der Waals surface area contributed by atoms with Crippen LogP contribution in [0.4, 0.5) is 0 Å². The standard InChI is InChI=1S/C14H22N2O2/c1-13(10-6-7-10)11(17)15-14(12(18)16(13)2)8-4-3-5-9-14/h10H,3-9H2,1-2H3,(H,15,17). The second-order valence-electron chi connectivity index (χ2n) is 6.38. The van der Waals surface area contributed by atoms with Gasteiger partial charge >= 0.3 is 0 Å². The zero-order valence-electron chi connectivity index (χ0n) is 11.3. The first kappa shape index (κ1) is 12.0. The molecular weight excluding hydrogens is 228 g/mol. The fraction of sp³-hybridized carbons (Fsp3) is 0.857. The fourth-order valence-corrected chi connectivity index (χ4v) is 3.68. The molecule has 2 aliphatic carbocycles. The highest BCUT2D eigenvalue weighted by Crippen LogP contribution is 2.46. The average Bonchev–Trinajstić information content (AvgIpc) is 3.20. The van der Waals surface area contributed by atoms with Crippen molar-refractivity contribution in [3.8, 4) is 0 Å². The van der Waals surface area contributed by atoms with Crippen LogP contribution in [-0.4, -0.2) is 34.8 Å². The van der Waals surface area contributed by atoms with Gasteiger partial charge in [0, 0.05) is 7.05 Å².